The van der Waals surface area contributed by atoms with Gasteiger partial charge in [-0.15, -0.1) is 0 Å². The van der Waals surface area contributed by atoms with E-state index in [1.54, 1.807) is 6.08 Å². The zero-order valence-corrected chi connectivity index (χ0v) is 8.08. The minimum Gasteiger partial charge on any atom is -0.355 e. The predicted molar refractivity (Wildman–Crippen MR) is 53.2 cm³/mol. The third kappa shape index (κ3) is 6.11. The van der Waals surface area contributed by atoms with Crippen LogP contribution < -0.4 is 5.32 Å². The van der Waals surface area contributed by atoms with Gasteiger partial charge in [0.15, 0.2) is 0 Å². The van der Waals surface area contributed by atoms with Gasteiger partial charge in [-0.25, -0.2) is 0 Å². The molecule has 1 amide bonds. The lowest BCUT2D eigenvalue weighted by Crippen LogP contribution is -2.34. The van der Waals surface area contributed by atoms with E-state index in [4.69, 9.17) is 4.74 Å². The van der Waals surface area contributed by atoms with Crippen molar-refractivity contribution in [3.8, 4) is 0 Å². The largest absolute Gasteiger partial charge is 0.355 e. The molecule has 1 atom stereocenters. The molecule has 0 spiro atoms. The molecule has 0 heterocycles. The molecular formula is C10H17NO2. The van der Waals surface area contributed by atoms with E-state index in [2.05, 4.69) is 25.4 Å². The molecule has 0 aliphatic carbocycles. The van der Waals surface area contributed by atoms with E-state index in [-0.39, 0.29) is 5.91 Å². The Morgan fingerprint density at radius 1 is 1.62 bits per heavy atom. The molecular weight excluding hydrogens is 166 g/mol. The molecule has 0 fully saturated rings. The van der Waals surface area contributed by atoms with Crippen LogP contribution in [0.1, 0.15) is 19.8 Å². The zero-order valence-electron chi connectivity index (χ0n) is 8.08. The molecule has 0 radical (unpaired) electrons. The normalized spacial score (nSPS) is 11.8. The van der Waals surface area contributed by atoms with E-state index in [1.807, 2.05) is 0 Å². The summed E-state index contributed by atoms with van der Waals surface area (Å²) in [5.41, 5.74) is 0. The Labute approximate surface area is 79.5 Å². The van der Waals surface area contributed by atoms with Crippen molar-refractivity contribution in [1.82, 2.24) is 5.32 Å². The van der Waals surface area contributed by atoms with Gasteiger partial charge in [-0.2, -0.15) is 0 Å². The Morgan fingerprint density at radius 2 is 2.31 bits per heavy atom. The highest BCUT2D eigenvalue weighted by Crippen LogP contribution is 1.93. The van der Waals surface area contributed by atoms with Crippen LogP contribution >= 0.6 is 0 Å². The number of nitrogens with one attached hydrogen (secondary N) is 1. The maximum atomic E-state index is 10.9. The molecule has 0 bridgehead atoms. The second-order valence-corrected chi connectivity index (χ2v) is 2.59. The summed E-state index contributed by atoms with van der Waals surface area (Å²) in [4.78, 5) is 10.9. The number of unbranched alkanes of at least 4 members (excludes halogenated alkanes) is 1. The van der Waals surface area contributed by atoms with E-state index in [1.165, 1.54) is 6.08 Å². The monoisotopic (exact) mass is 183 g/mol. The number of ether oxygens (including phenoxy) is 1. The van der Waals surface area contributed by atoms with Crippen LogP contribution in [-0.2, 0) is 9.53 Å². The van der Waals surface area contributed by atoms with Crippen LogP contribution in [0, 0.1) is 0 Å². The zero-order chi connectivity index (χ0) is 10.1. The molecule has 0 aliphatic rings. The number of hydrogen-bond acceptors (Lipinski definition) is 2. The summed E-state index contributed by atoms with van der Waals surface area (Å²) < 4.78 is 5.31. The van der Waals surface area contributed by atoms with Crippen molar-refractivity contribution < 1.29 is 9.53 Å². The first-order valence-electron chi connectivity index (χ1n) is 4.41. The Hall–Kier alpha value is -1.09. The summed E-state index contributed by atoms with van der Waals surface area (Å²) >= 11 is 0. The quantitative estimate of drug-likeness (QED) is 0.282. The summed E-state index contributed by atoms with van der Waals surface area (Å²) in [5.74, 6) is -0.249. The van der Waals surface area contributed by atoms with Crippen molar-refractivity contribution in [2.75, 3.05) is 6.61 Å². The molecule has 3 nitrogen and oxygen atoms in total. The van der Waals surface area contributed by atoms with E-state index < -0.39 is 6.23 Å². The van der Waals surface area contributed by atoms with E-state index in [9.17, 15) is 4.79 Å². The lowest BCUT2D eigenvalue weighted by atomic mass is 10.4. The lowest BCUT2D eigenvalue weighted by Gasteiger charge is -2.13. The molecule has 0 saturated heterocycles. The topological polar surface area (TPSA) is 38.3 Å². The number of amides is 1. The summed E-state index contributed by atoms with van der Waals surface area (Å²) in [5, 5.41) is 2.58. The highest BCUT2D eigenvalue weighted by Gasteiger charge is 2.04. The van der Waals surface area contributed by atoms with Crippen LogP contribution in [0.4, 0.5) is 0 Å². The van der Waals surface area contributed by atoms with Crippen molar-refractivity contribution in [2.24, 2.45) is 0 Å². The van der Waals surface area contributed by atoms with Crippen LogP contribution in [0.2, 0.25) is 0 Å². The third-order valence-corrected chi connectivity index (χ3v) is 1.48. The highest BCUT2D eigenvalue weighted by molar-refractivity contribution is 5.87. The molecule has 74 valence electrons. The molecule has 3 heteroatoms. The Balaban J connectivity index is 3.68. The Bertz CT molecular complexity index is 178. The van der Waals surface area contributed by atoms with Crippen molar-refractivity contribution >= 4 is 5.91 Å². The van der Waals surface area contributed by atoms with Gasteiger partial charge < -0.3 is 10.1 Å². The molecule has 1 N–H and O–H groups in total. The second kappa shape index (κ2) is 7.55. The van der Waals surface area contributed by atoms with Gasteiger partial charge in [0.05, 0.1) is 0 Å². The molecule has 0 saturated carbocycles. The number of carbonyl (C=O) groups is 1. The molecule has 0 aromatic rings. The highest BCUT2D eigenvalue weighted by atomic mass is 16.5. The number of hydrogen-bond donors (Lipinski definition) is 1. The molecule has 0 rings (SSSR count). The first kappa shape index (κ1) is 11.9. The van der Waals surface area contributed by atoms with Crippen LogP contribution in [0.15, 0.2) is 25.3 Å². The molecule has 0 aromatic heterocycles. The third-order valence-electron chi connectivity index (χ3n) is 1.48. The maximum absolute atomic E-state index is 10.9. The lowest BCUT2D eigenvalue weighted by molar-refractivity contribution is -0.119. The smallest absolute Gasteiger partial charge is 0.245 e. The van der Waals surface area contributed by atoms with Crippen molar-refractivity contribution in [3.63, 3.8) is 0 Å². The summed E-state index contributed by atoms with van der Waals surface area (Å²) in [7, 11) is 0. The molecule has 1 unspecified atom stereocenters. The van der Waals surface area contributed by atoms with E-state index in [0.717, 1.165) is 12.8 Å². The van der Waals surface area contributed by atoms with Crippen molar-refractivity contribution in [2.45, 2.75) is 26.0 Å². The first-order valence-corrected chi connectivity index (χ1v) is 4.41. The average molecular weight is 183 g/mol. The van der Waals surface area contributed by atoms with Gasteiger partial charge in [-0.05, 0) is 18.6 Å². The first-order chi connectivity index (χ1) is 6.24. The fourth-order valence-corrected chi connectivity index (χ4v) is 0.722. The van der Waals surface area contributed by atoms with Gasteiger partial charge in [0.25, 0.3) is 0 Å². The van der Waals surface area contributed by atoms with E-state index in [0.29, 0.717) is 6.61 Å². The second-order valence-electron chi connectivity index (χ2n) is 2.59. The standard InChI is InChI=1S/C10H17NO2/c1-4-7-8-13-10(6-3)11-9(12)5-2/h5-6,10H,2-4,7-8H2,1H3,(H,11,12). The number of rotatable bonds is 7. The average Bonchev–Trinajstić information content (AvgIpc) is 2.16. The van der Waals surface area contributed by atoms with Crippen LogP contribution in [-0.4, -0.2) is 18.7 Å². The Morgan fingerprint density at radius 3 is 2.77 bits per heavy atom. The van der Waals surface area contributed by atoms with E-state index >= 15 is 0 Å². The maximum Gasteiger partial charge on any atom is 0.245 e. The van der Waals surface area contributed by atoms with Crippen LogP contribution in [0.25, 0.3) is 0 Å². The SMILES string of the molecule is C=CC(=O)NC(C=C)OCCCC. The summed E-state index contributed by atoms with van der Waals surface area (Å²) in [6.07, 6.45) is 4.40. The minimum atomic E-state index is -0.406. The minimum absolute atomic E-state index is 0.249. The van der Waals surface area contributed by atoms with Gasteiger partial charge in [-0.3, -0.25) is 4.79 Å². The van der Waals surface area contributed by atoms with Gasteiger partial charge in [-0.1, -0.05) is 26.5 Å². The van der Waals surface area contributed by atoms with Gasteiger partial charge in [0.1, 0.15) is 6.23 Å². The van der Waals surface area contributed by atoms with Gasteiger partial charge in [0, 0.05) is 6.61 Å². The predicted octanol–water partition coefficient (Wildman–Crippen LogP) is 1.62. The molecule has 0 aliphatic heterocycles. The Kier molecular flexibility index (Phi) is 6.92. The van der Waals surface area contributed by atoms with Crippen molar-refractivity contribution in [3.05, 3.63) is 25.3 Å². The fraction of sp³-hybridized carbons (Fsp3) is 0.500. The van der Waals surface area contributed by atoms with Gasteiger partial charge >= 0.3 is 0 Å². The van der Waals surface area contributed by atoms with Crippen LogP contribution in [0.5, 0.6) is 0 Å². The number of carbonyl (C=O) groups excluding carboxylic acids is 1. The van der Waals surface area contributed by atoms with Gasteiger partial charge in [0.2, 0.25) is 5.91 Å². The van der Waals surface area contributed by atoms with Crippen molar-refractivity contribution in [1.29, 1.82) is 0 Å². The molecule has 13 heavy (non-hydrogen) atoms. The summed E-state index contributed by atoms with van der Waals surface area (Å²) in [6, 6.07) is 0. The fourth-order valence-electron chi connectivity index (χ4n) is 0.722. The van der Waals surface area contributed by atoms with Crippen LogP contribution in [0.3, 0.4) is 0 Å². The molecule has 0 aromatic carbocycles. The summed E-state index contributed by atoms with van der Waals surface area (Å²) in [6.45, 7) is 9.60.